The number of hydrogen-bond acceptors (Lipinski definition) is 3. The molecule has 138 valence electrons. The lowest BCUT2D eigenvalue weighted by atomic mass is 9.98. The second kappa shape index (κ2) is 7.50. The Hall–Kier alpha value is -2.33. The van der Waals surface area contributed by atoms with Crippen molar-refractivity contribution < 1.29 is 14.3 Å². The first-order chi connectivity index (χ1) is 12.4. The van der Waals surface area contributed by atoms with Crippen molar-refractivity contribution in [3.63, 3.8) is 0 Å². The summed E-state index contributed by atoms with van der Waals surface area (Å²) in [5, 5.41) is 3.02. The number of aryl methyl sites for hydroxylation is 2. The van der Waals surface area contributed by atoms with Crippen molar-refractivity contribution in [2.45, 2.75) is 45.8 Å². The molecule has 1 atom stereocenters. The minimum atomic E-state index is -0.760. The molecule has 0 bridgehead atoms. The lowest BCUT2D eigenvalue weighted by molar-refractivity contribution is -0.138. The van der Waals surface area contributed by atoms with E-state index in [0.29, 0.717) is 12.5 Å². The Morgan fingerprint density at radius 3 is 2.31 bits per heavy atom. The molecule has 0 unspecified atom stereocenters. The van der Waals surface area contributed by atoms with Crippen LogP contribution in [0.15, 0.2) is 42.5 Å². The van der Waals surface area contributed by atoms with Crippen LogP contribution in [0.5, 0.6) is 5.75 Å². The van der Waals surface area contributed by atoms with Gasteiger partial charge >= 0.3 is 0 Å². The Labute approximate surface area is 155 Å². The van der Waals surface area contributed by atoms with Gasteiger partial charge in [0.2, 0.25) is 0 Å². The van der Waals surface area contributed by atoms with Crippen LogP contribution in [-0.4, -0.2) is 18.6 Å². The Morgan fingerprint density at radius 2 is 1.77 bits per heavy atom. The zero-order valence-corrected chi connectivity index (χ0v) is 16.0. The van der Waals surface area contributed by atoms with Crippen molar-refractivity contribution in [1.82, 2.24) is 0 Å². The molecule has 0 aromatic heterocycles. The fourth-order valence-corrected chi connectivity index (χ4v) is 3.31. The van der Waals surface area contributed by atoms with Crippen LogP contribution < -0.4 is 10.1 Å². The van der Waals surface area contributed by atoms with Gasteiger partial charge in [0.15, 0.2) is 0 Å². The zero-order valence-electron chi connectivity index (χ0n) is 16.0. The van der Waals surface area contributed by atoms with Gasteiger partial charge in [-0.05, 0) is 68.4 Å². The summed E-state index contributed by atoms with van der Waals surface area (Å²) in [5.41, 5.74) is 3.15. The van der Waals surface area contributed by atoms with Crippen LogP contribution in [0.1, 0.15) is 36.5 Å². The molecule has 1 amide bonds. The number of carbonyl (C=O) groups is 1. The molecule has 2 aromatic carbocycles. The van der Waals surface area contributed by atoms with Gasteiger partial charge in [-0.15, -0.1) is 0 Å². The van der Waals surface area contributed by atoms with E-state index in [1.165, 1.54) is 0 Å². The fourth-order valence-electron chi connectivity index (χ4n) is 3.31. The summed E-state index contributed by atoms with van der Waals surface area (Å²) in [6.07, 6.45) is 2.09. The third-order valence-electron chi connectivity index (χ3n) is 5.18. The van der Waals surface area contributed by atoms with Gasteiger partial charge < -0.3 is 14.8 Å². The first kappa shape index (κ1) is 18.5. The van der Waals surface area contributed by atoms with Gasteiger partial charge in [0.25, 0.3) is 5.91 Å². The Kier molecular flexibility index (Phi) is 5.33. The molecule has 0 aliphatic heterocycles. The average molecular weight is 353 g/mol. The summed E-state index contributed by atoms with van der Waals surface area (Å²) in [5.74, 6) is 1.09. The van der Waals surface area contributed by atoms with Crippen molar-refractivity contribution in [3.05, 3.63) is 59.2 Å². The van der Waals surface area contributed by atoms with Crippen LogP contribution in [-0.2, 0) is 16.1 Å². The maximum atomic E-state index is 12.7. The van der Waals surface area contributed by atoms with E-state index in [2.05, 4.69) is 5.32 Å². The molecule has 1 fully saturated rings. The van der Waals surface area contributed by atoms with Crippen molar-refractivity contribution in [2.75, 3.05) is 12.4 Å². The van der Waals surface area contributed by atoms with Gasteiger partial charge in [0.1, 0.15) is 18.0 Å². The summed E-state index contributed by atoms with van der Waals surface area (Å²) >= 11 is 0. The molecule has 1 N–H and O–H groups in total. The van der Waals surface area contributed by atoms with Gasteiger partial charge in [-0.1, -0.05) is 30.3 Å². The number of methoxy groups -OCH3 is 1. The van der Waals surface area contributed by atoms with Crippen molar-refractivity contribution in [2.24, 2.45) is 5.92 Å². The summed E-state index contributed by atoms with van der Waals surface area (Å²) < 4.78 is 11.5. The molecule has 26 heavy (non-hydrogen) atoms. The largest absolute Gasteiger partial charge is 0.488 e. The first-order valence-corrected chi connectivity index (χ1v) is 9.08. The minimum Gasteiger partial charge on any atom is -0.488 e. The summed E-state index contributed by atoms with van der Waals surface area (Å²) in [6.45, 7) is 6.40. The normalized spacial score (nSPS) is 16.0. The van der Waals surface area contributed by atoms with E-state index in [9.17, 15) is 4.79 Å². The van der Waals surface area contributed by atoms with Gasteiger partial charge in [0.05, 0.1) is 0 Å². The van der Waals surface area contributed by atoms with Crippen LogP contribution in [0, 0.1) is 19.8 Å². The fraction of sp³-hybridized carbons (Fsp3) is 0.409. The van der Waals surface area contributed by atoms with Crippen LogP contribution in [0.3, 0.4) is 0 Å². The summed E-state index contributed by atoms with van der Waals surface area (Å²) in [7, 11) is 1.61. The third kappa shape index (κ3) is 3.91. The van der Waals surface area contributed by atoms with Gasteiger partial charge in [-0.2, -0.15) is 0 Å². The van der Waals surface area contributed by atoms with Crippen LogP contribution in [0.4, 0.5) is 5.69 Å². The topological polar surface area (TPSA) is 47.6 Å². The molecule has 1 aliphatic rings. The SMILES string of the molecule is CO[C@](C)(C(=O)Nc1cc(C)c(OCc2ccccc2)c(C)c1)C1CC1. The van der Waals surface area contributed by atoms with Crippen LogP contribution in [0.25, 0.3) is 0 Å². The van der Waals surface area contributed by atoms with Crippen LogP contribution >= 0.6 is 0 Å². The summed E-state index contributed by atoms with van der Waals surface area (Å²) in [4.78, 5) is 12.7. The summed E-state index contributed by atoms with van der Waals surface area (Å²) in [6, 6.07) is 14.0. The standard InChI is InChI=1S/C22H27NO3/c1-15-12-19(23-21(24)22(3,25-4)18-10-11-18)13-16(2)20(15)26-14-17-8-6-5-7-9-17/h5-9,12-13,18H,10-11,14H2,1-4H3,(H,23,24)/t22-/m0/s1. The molecule has 0 radical (unpaired) electrons. The van der Waals surface area contributed by atoms with E-state index in [1.54, 1.807) is 7.11 Å². The number of carbonyl (C=O) groups excluding carboxylic acids is 1. The van der Waals surface area contributed by atoms with Crippen molar-refractivity contribution in [1.29, 1.82) is 0 Å². The number of anilines is 1. The number of amides is 1. The zero-order chi connectivity index (χ0) is 18.7. The van der Waals surface area contributed by atoms with Crippen molar-refractivity contribution >= 4 is 11.6 Å². The molecule has 0 spiro atoms. The van der Waals surface area contributed by atoms with Gasteiger partial charge in [-0.25, -0.2) is 0 Å². The number of ether oxygens (including phenoxy) is 2. The highest BCUT2D eigenvalue weighted by Gasteiger charge is 2.47. The predicted octanol–water partition coefficient (Wildman–Crippen LogP) is 4.64. The molecule has 4 heteroatoms. The average Bonchev–Trinajstić information content (AvgIpc) is 3.46. The van der Waals surface area contributed by atoms with Gasteiger partial charge in [0, 0.05) is 12.8 Å². The van der Waals surface area contributed by atoms with E-state index in [0.717, 1.165) is 41.0 Å². The first-order valence-electron chi connectivity index (χ1n) is 9.08. The molecule has 1 aliphatic carbocycles. The second-order valence-electron chi connectivity index (χ2n) is 7.25. The minimum absolute atomic E-state index is 0.0840. The highest BCUT2D eigenvalue weighted by molar-refractivity contribution is 5.97. The molecular weight excluding hydrogens is 326 g/mol. The van der Waals surface area contributed by atoms with E-state index in [-0.39, 0.29) is 5.91 Å². The molecule has 4 nitrogen and oxygen atoms in total. The molecule has 3 rings (SSSR count). The monoisotopic (exact) mass is 353 g/mol. The number of nitrogens with one attached hydrogen (secondary N) is 1. The Bertz CT molecular complexity index is 760. The molecule has 1 saturated carbocycles. The molecular formula is C22H27NO3. The lowest BCUT2D eigenvalue weighted by Crippen LogP contribution is -2.44. The number of benzene rings is 2. The maximum Gasteiger partial charge on any atom is 0.256 e. The Morgan fingerprint density at radius 1 is 1.15 bits per heavy atom. The van der Waals surface area contributed by atoms with E-state index >= 15 is 0 Å². The highest BCUT2D eigenvalue weighted by atomic mass is 16.5. The third-order valence-corrected chi connectivity index (χ3v) is 5.18. The number of rotatable bonds is 7. The lowest BCUT2D eigenvalue weighted by Gasteiger charge is -2.27. The van der Waals surface area contributed by atoms with E-state index in [4.69, 9.17) is 9.47 Å². The van der Waals surface area contributed by atoms with E-state index in [1.807, 2.05) is 63.2 Å². The quantitative estimate of drug-likeness (QED) is 0.789. The Balaban J connectivity index is 1.71. The second-order valence-corrected chi connectivity index (χ2v) is 7.25. The molecule has 2 aromatic rings. The molecule has 0 heterocycles. The van der Waals surface area contributed by atoms with Crippen molar-refractivity contribution in [3.8, 4) is 5.75 Å². The highest BCUT2D eigenvalue weighted by Crippen LogP contribution is 2.42. The van der Waals surface area contributed by atoms with Crippen LogP contribution in [0.2, 0.25) is 0 Å². The van der Waals surface area contributed by atoms with E-state index < -0.39 is 5.60 Å². The van der Waals surface area contributed by atoms with Gasteiger partial charge in [-0.3, -0.25) is 4.79 Å². The number of hydrogen-bond donors (Lipinski definition) is 1. The molecule has 0 saturated heterocycles. The smallest absolute Gasteiger partial charge is 0.256 e. The predicted molar refractivity (Wildman–Crippen MR) is 103 cm³/mol. The maximum absolute atomic E-state index is 12.7.